The molecule has 0 aromatic heterocycles. The first-order valence-electron chi connectivity index (χ1n) is 6.48. The zero-order valence-corrected chi connectivity index (χ0v) is 12.4. The highest BCUT2D eigenvalue weighted by atomic mass is 32.2. The lowest BCUT2D eigenvalue weighted by molar-refractivity contribution is -0.116. The summed E-state index contributed by atoms with van der Waals surface area (Å²) < 4.78 is 26.9. The van der Waals surface area contributed by atoms with Crippen LogP contribution in [0.5, 0.6) is 0 Å². The molecule has 0 saturated carbocycles. The minimum absolute atomic E-state index is 0.0331. The van der Waals surface area contributed by atoms with E-state index >= 15 is 0 Å². The van der Waals surface area contributed by atoms with E-state index in [4.69, 9.17) is 5.73 Å². The van der Waals surface area contributed by atoms with Crippen LogP contribution >= 0.6 is 0 Å². The number of rotatable bonds is 4. The number of hydrogen-bond donors (Lipinski definition) is 2. The molecule has 0 saturated heterocycles. The predicted octanol–water partition coefficient (Wildman–Crippen LogP) is 0.221. The van der Waals surface area contributed by atoms with Crippen LogP contribution in [0.3, 0.4) is 0 Å². The van der Waals surface area contributed by atoms with Crippen LogP contribution < -0.4 is 15.4 Å². The summed E-state index contributed by atoms with van der Waals surface area (Å²) in [5.41, 5.74) is 7.10. The number of sulfonamides is 1. The van der Waals surface area contributed by atoms with Crippen LogP contribution in [0, 0.1) is 0 Å². The van der Waals surface area contributed by atoms with Gasteiger partial charge in [-0.05, 0) is 37.1 Å². The number of nitrogens with two attached hydrogens (primary N) is 1. The second-order valence-electron chi connectivity index (χ2n) is 4.97. The Morgan fingerprint density at radius 3 is 2.80 bits per heavy atom. The normalized spacial score (nSPS) is 16.1. The minimum atomic E-state index is -3.56. The van der Waals surface area contributed by atoms with Crippen LogP contribution in [0.15, 0.2) is 23.1 Å². The molecule has 1 aromatic carbocycles. The fourth-order valence-corrected chi connectivity index (χ4v) is 3.56. The average molecular weight is 297 g/mol. The number of carbonyl (C=O) groups is 1. The molecule has 2 rings (SSSR count). The van der Waals surface area contributed by atoms with Gasteiger partial charge < -0.3 is 10.6 Å². The number of benzene rings is 1. The molecule has 1 unspecified atom stereocenters. The van der Waals surface area contributed by atoms with E-state index in [1.807, 2.05) is 0 Å². The van der Waals surface area contributed by atoms with Gasteiger partial charge in [-0.2, -0.15) is 0 Å². The van der Waals surface area contributed by atoms with E-state index in [1.54, 1.807) is 24.0 Å². The van der Waals surface area contributed by atoms with Crippen LogP contribution in [0.25, 0.3) is 0 Å². The van der Waals surface area contributed by atoms with Crippen LogP contribution in [-0.4, -0.2) is 33.5 Å². The van der Waals surface area contributed by atoms with Gasteiger partial charge >= 0.3 is 0 Å². The summed E-state index contributed by atoms with van der Waals surface area (Å²) in [5.74, 6) is -0.0331. The summed E-state index contributed by atoms with van der Waals surface area (Å²) in [4.78, 5) is 13.3. The van der Waals surface area contributed by atoms with Gasteiger partial charge in [-0.25, -0.2) is 13.1 Å². The molecular formula is C13H19N3O3S. The summed E-state index contributed by atoms with van der Waals surface area (Å²) in [6, 6.07) is 4.52. The van der Waals surface area contributed by atoms with Crippen molar-refractivity contribution in [2.24, 2.45) is 5.73 Å². The molecule has 0 fully saturated rings. The van der Waals surface area contributed by atoms with Gasteiger partial charge in [0.15, 0.2) is 0 Å². The number of nitrogens with zero attached hydrogens (tertiary/aromatic N) is 1. The van der Waals surface area contributed by atoms with E-state index < -0.39 is 10.0 Å². The van der Waals surface area contributed by atoms with Crippen molar-refractivity contribution in [3.63, 3.8) is 0 Å². The molecule has 0 spiro atoms. The summed E-state index contributed by atoms with van der Waals surface area (Å²) in [7, 11) is -3.56. The molecule has 1 aliphatic heterocycles. The van der Waals surface area contributed by atoms with Gasteiger partial charge in [0.1, 0.15) is 0 Å². The van der Waals surface area contributed by atoms with Crippen LogP contribution in [0.1, 0.15) is 19.4 Å². The number of amides is 1. The van der Waals surface area contributed by atoms with E-state index in [0.29, 0.717) is 13.0 Å². The predicted molar refractivity (Wildman–Crippen MR) is 77.0 cm³/mol. The highest BCUT2D eigenvalue weighted by Gasteiger charge is 2.25. The highest BCUT2D eigenvalue weighted by molar-refractivity contribution is 7.89. The first kappa shape index (κ1) is 15.0. The molecule has 110 valence electrons. The Labute approximate surface area is 119 Å². The molecule has 1 aromatic rings. The first-order valence-corrected chi connectivity index (χ1v) is 7.97. The molecule has 6 nitrogen and oxygen atoms in total. The van der Waals surface area contributed by atoms with E-state index in [0.717, 1.165) is 11.3 Å². The first-order chi connectivity index (χ1) is 9.35. The summed E-state index contributed by atoms with van der Waals surface area (Å²) >= 11 is 0. The Balaban J connectivity index is 2.31. The topological polar surface area (TPSA) is 92.5 Å². The van der Waals surface area contributed by atoms with Gasteiger partial charge in [-0.1, -0.05) is 0 Å². The maximum absolute atomic E-state index is 12.2. The number of hydrogen-bond acceptors (Lipinski definition) is 4. The van der Waals surface area contributed by atoms with E-state index in [-0.39, 0.29) is 23.4 Å². The molecule has 20 heavy (non-hydrogen) atoms. The van der Waals surface area contributed by atoms with E-state index in [2.05, 4.69) is 4.72 Å². The number of nitrogens with one attached hydrogen (secondary N) is 1. The smallest absolute Gasteiger partial charge is 0.240 e. The molecular weight excluding hydrogens is 278 g/mol. The van der Waals surface area contributed by atoms with Crippen molar-refractivity contribution in [1.29, 1.82) is 0 Å². The fourth-order valence-electron chi connectivity index (χ4n) is 2.25. The molecule has 7 heteroatoms. The Morgan fingerprint density at radius 1 is 1.50 bits per heavy atom. The van der Waals surface area contributed by atoms with Crippen molar-refractivity contribution in [3.8, 4) is 0 Å². The van der Waals surface area contributed by atoms with Gasteiger partial charge in [0, 0.05) is 31.7 Å². The lowest BCUT2D eigenvalue weighted by atomic mass is 10.2. The van der Waals surface area contributed by atoms with Crippen molar-refractivity contribution in [2.75, 3.05) is 18.0 Å². The minimum Gasteiger partial charge on any atom is -0.329 e. The lowest BCUT2D eigenvalue weighted by Gasteiger charge is -2.16. The molecule has 0 radical (unpaired) electrons. The highest BCUT2D eigenvalue weighted by Crippen LogP contribution is 2.30. The third-order valence-electron chi connectivity index (χ3n) is 3.35. The largest absolute Gasteiger partial charge is 0.329 e. The monoisotopic (exact) mass is 297 g/mol. The third-order valence-corrected chi connectivity index (χ3v) is 4.93. The lowest BCUT2D eigenvalue weighted by Crippen LogP contribution is -2.37. The third kappa shape index (κ3) is 2.84. The maximum Gasteiger partial charge on any atom is 0.240 e. The summed E-state index contributed by atoms with van der Waals surface area (Å²) in [6.07, 6.45) is 0.671. The van der Waals surface area contributed by atoms with Crippen molar-refractivity contribution in [3.05, 3.63) is 23.8 Å². The molecule has 1 amide bonds. The fraction of sp³-hybridized carbons (Fsp3) is 0.462. The van der Waals surface area contributed by atoms with E-state index in [1.165, 1.54) is 13.0 Å². The second kappa shape index (κ2) is 5.51. The molecule has 0 bridgehead atoms. The van der Waals surface area contributed by atoms with Gasteiger partial charge in [-0.15, -0.1) is 0 Å². The second-order valence-corrected chi connectivity index (χ2v) is 6.68. The zero-order valence-electron chi connectivity index (χ0n) is 11.6. The Hall–Kier alpha value is -1.44. The van der Waals surface area contributed by atoms with Gasteiger partial charge in [-0.3, -0.25) is 4.79 Å². The average Bonchev–Trinajstić information content (AvgIpc) is 2.80. The van der Waals surface area contributed by atoms with Gasteiger partial charge in [0.25, 0.3) is 0 Å². The summed E-state index contributed by atoms with van der Waals surface area (Å²) in [6.45, 7) is 4.05. The number of carbonyl (C=O) groups excluding carboxylic acids is 1. The standard InChI is InChI=1S/C13H19N3O3S/c1-9(8-14)15-20(18,19)12-3-4-13-11(7-12)5-6-16(13)10(2)17/h3-4,7,9,15H,5-6,8,14H2,1-2H3. The Kier molecular flexibility index (Phi) is 4.12. The van der Waals surface area contributed by atoms with Crippen molar-refractivity contribution >= 4 is 21.6 Å². The van der Waals surface area contributed by atoms with Crippen molar-refractivity contribution < 1.29 is 13.2 Å². The molecule has 1 aliphatic rings. The zero-order chi connectivity index (χ0) is 14.9. The molecule has 3 N–H and O–H groups in total. The van der Waals surface area contributed by atoms with Gasteiger partial charge in [0.05, 0.1) is 4.90 Å². The Bertz CT molecular complexity index is 628. The van der Waals surface area contributed by atoms with E-state index in [9.17, 15) is 13.2 Å². The Morgan fingerprint density at radius 2 is 2.20 bits per heavy atom. The summed E-state index contributed by atoms with van der Waals surface area (Å²) in [5, 5.41) is 0. The van der Waals surface area contributed by atoms with Crippen LogP contribution in [0.4, 0.5) is 5.69 Å². The van der Waals surface area contributed by atoms with Crippen LogP contribution in [-0.2, 0) is 21.2 Å². The van der Waals surface area contributed by atoms with Crippen LogP contribution in [0.2, 0.25) is 0 Å². The number of fused-ring (bicyclic) bond motifs is 1. The molecule has 0 aliphatic carbocycles. The SMILES string of the molecule is CC(=O)N1CCc2cc(S(=O)(=O)NC(C)CN)ccc21. The quantitative estimate of drug-likeness (QED) is 0.831. The molecule has 1 heterocycles. The van der Waals surface area contributed by atoms with Crippen molar-refractivity contribution in [1.82, 2.24) is 4.72 Å². The number of anilines is 1. The maximum atomic E-state index is 12.2. The van der Waals surface area contributed by atoms with Crippen molar-refractivity contribution in [2.45, 2.75) is 31.2 Å². The molecule has 1 atom stereocenters. The van der Waals surface area contributed by atoms with Gasteiger partial charge in [0.2, 0.25) is 15.9 Å².